The first-order chi connectivity index (χ1) is 17.7. The molecular weight excluding hydrogens is 477 g/mol. The van der Waals surface area contributed by atoms with Crippen LogP contribution in [-0.4, -0.2) is 15.0 Å². The molecule has 0 saturated heterocycles. The van der Waals surface area contributed by atoms with Crippen molar-refractivity contribution < 1.29 is 4.74 Å². The summed E-state index contributed by atoms with van der Waals surface area (Å²) in [7, 11) is 8.04. The molecule has 6 aromatic rings. The Labute approximate surface area is 220 Å². The lowest BCUT2D eigenvalue weighted by atomic mass is 9.98. The number of nitrogens with zero attached hydrogens (tertiary/aromatic N) is 1. The number of hydrogen-bond donors (Lipinski definition) is 0. The highest BCUT2D eigenvalue weighted by Gasteiger charge is 2.19. The summed E-state index contributed by atoms with van der Waals surface area (Å²) in [4.78, 5) is 3.50. The molecule has 172 valence electrons. The van der Waals surface area contributed by atoms with Crippen LogP contribution in [0.4, 0.5) is 17.1 Å². The van der Waals surface area contributed by atoms with Gasteiger partial charge in [0.2, 0.25) is 0 Å². The van der Waals surface area contributed by atoms with Gasteiger partial charge in [-0.05, 0) is 65.0 Å². The molecule has 0 N–H and O–H groups in total. The third kappa shape index (κ3) is 4.11. The van der Waals surface area contributed by atoms with Crippen molar-refractivity contribution in [3.8, 4) is 27.3 Å². The van der Waals surface area contributed by atoms with E-state index in [1.165, 1.54) is 20.7 Å². The molecule has 2 nitrogen and oxygen atoms in total. The zero-order valence-electron chi connectivity index (χ0n) is 19.7. The molecule has 0 aliphatic carbocycles. The van der Waals surface area contributed by atoms with Crippen LogP contribution in [-0.2, 0) is 0 Å². The van der Waals surface area contributed by atoms with E-state index in [9.17, 15) is 0 Å². The molecule has 0 unspecified atom stereocenters. The summed E-state index contributed by atoms with van der Waals surface area (Å²) in [6.45, 7) is 0. The number of anilines is 3. The van der Waals surface area contributed by atoms with Crippen molar-refractivity contribution in [3.63, 3.8) is 0 Å². The zero-order valence-corrected chi connectivity index (χ0v) is 21.4. The first kappa shape index (κ1) is 22.7. The van der Waals surface area contributed by atoms with Gasteiger partial charge in [0.25, 0.3) is 0 Å². The van der Waals surface area contributed by atoms with Crippen LogP contribution in [0.15, 0.2) is 115 Å². The van der Waals surface area contributed by atoms with Crippen LogP contribution in [0.1, 0.15) is 0 Å². The van der Waals surface area contributed by atoms with Gasteiger partial charge in [-0.3, -0.25) is 0 Å². The molecule has 5 heteroatoms. The second-order valence-electron chi connectivity index (χ2n) is 8.44. The normalized spacial score (nSPS) is 11.0. The van der Waals surface area contributed by atoms with E-state index in [1.807, 2.05) is 29.6 Å². The number of fused-ring (bicyclic) bond motifs is 1. The molecule has 2 aromatic heterocycles. The monoisotopic (exact) mass is 499 g/mol. The minimum absolute atomic E-state index is 0.844. The topological polar surface area (TPSA) is 12.5 Å². The number of benzene rings is 4. The molecule has 0 spiro atoms. The summed E-state index contributed by atoms with van der Waals surface area (Å²) >= 11 is 3.47. The van der Waals surface area contributed by atoms with Gasteiger partial charge in [-0.15, -0.1) is 22.7 Å². The van der Waals surface area contributed by atoms with E-state index in [2.05, 4.69) is 89.8 Å². The third-order valence-corrected chi connectivity index (χ3v) is 8.66. The molecule has 2 radical (unpaired) electrons. The second kappa shape index (κ2) is 9.69. The van der Waals surface area contributed by atoms with Crippen molar-refractivity contribution in [1.82, 2.24) is 0 Å². The van der Waals surface area contributed by atoms with Crippen LogP contribution >= 0.6 is 22.7 Å². The second-order valence-corrected chi connectivity index (χ2v) is 10.3. The predicted octanol–water partition coefficient (Wildman–Crippen LogP) is 8.57. The maximum atomic E-state index is 6.35. The number of thiophene rings is 2. The van der Waals surface area contributed by atoms with Crippen molar-refractivity contribution in [2.45, 2.75) is 0 Å². The summed E-state index contributed by atoms with van der Waals surface area (Å²) in [5.74, 6) is 0.851. The standard InChI is InChI=1S/C31H22BNOS2/c1-34-26-18-14-21(15-19-26)28-29(36-30-27(32)20-35-31(28)30)22-12-16-25(17-13-22)33(23-8-4-2-5-9-23)24-10-6-3-7-11-24/h2-20H,1H3. The van der Waals surface area contributed by atoms with Crippen LogP contribution in [0, 0.1) is 0 Å². The quantitative estimate of drug-likeness (QED) is 0.213. The van der Waals surface area contributed by atoms with E-state index in [1.54, 1.807) is 29.8 Å². The average Bonchev–Trinajstić information content (AvgIpc) is 3.50. The summed E-state index contributed by atoms with van der Waals surface area (Å²) < 4.78 is 7.77. The molecule has 0 amide bonds. The van der Waals surface area contributed by atoms with Gasteiger partial charge in [-0.25, -0.2) is 0 Å². The van der Waals surface area contributed by atoms with E-state index < -0.39 is 0 Å². The molecule has 4 aromatic carbocycles. The SMILES string of the molecule is [B]c1csc2c(-c3ccc(OC)cc3)c(-c3ccc(N(c4ccccc4)c4ccccc4)cc3)sc12. The summed E-state index contributed by atoms with van der Waals surface area (Å²) in [5, 5.41) is 2.04. The molecule has 0 aliphatic rings. The number of para-hydroxylation sites is 2. The Bertz CT molecular complexity index is 1570. The number of ether oxygens (including phenoxy) is 1. The van der Waals surface area contributed by atoms with Gasteiger partial charge in [0.1, 0.15) is 13.6 Å². The Kier molecular flexibility index (Phi) is 6.10. The van der Waals surface area contributed by atoms with Crippen LogP contribution in [0.25, 0.3) is 31.0 Å². The summed E-state index contributed by atoms with van der Waals surface area (Å²) in [6.07, 6.45) is 0. The van der Waals surface area contributed by atoms with Gasteiger partial charge >= 0.3 is 0 Å². The molecule has 0 aliphatic heterocycles. The third-order valence-electron chi connectivity index (χ3n) is 6.23. The first-order valence-electron chi connectivity index (χ1n) is 11.7. The largest absolute Gasteiger partial charge is 0.497 e. The highest BCUT2D eigenvalue weighted by atomic mass is 32.1. The molecule has 0 saturated carbocycles. The fourth-order valence-electron chi connectivity index (χ4n) is 4.48. The molecular formula is C31H22BNOS2. The maximum Gasteiger partial charge on any atom is 0.118 e. The van der Waals surface area contributed by atoms with E-state index >= 15 is 0 Å². The highest BCUT2D eigenvalue weighted by Crippen LogP contribution is 2.47. The maximum absolute atomic E-state index is 6.35. The van der Waals surface area contributed by atoms with Crippen LogP contribution in [0.2, 0.25) is 0 Å². The predicted molar refractivity (Wildman–Crippen MR) is 157 cm³/mol. The Hall–Kier alpha value is -3.80. The summed E-state index contributed by atoms with van der Waals surface area (Å²) in [6, 6.07) is 38.0. The smallest absolute Gasteiger partial charge is 0.118 e. The fourth-order valence-corrected chi connectivity index (χ4v) is 6.97. The van der Waals surface area contributed by atoms with Gasteiger partial charge in [-0.2, -0.15) is 0 Å². The average molecular weight is 499 g/mol. The molecule has 0 bridgehead atoms. The van der Waals surface area contributed by atoms with Crippen molar-refractivity contribution in [2.24, 2.45) is 0 Å². The van der Waals surface area contributed by atoms with E-state index in [4.69, 9.17) is 12.6 Å². The lowest BCUT2D eigenvalue weighted by Gasteiger charge is -2.25. The Morgan fingerprint density at radius 1 is 0.639 bits per heavy atom. The van der Waals surface area contributed by atoms with Crippen LogP contribution < -0.4 is 15.1 Å². The van der Waals surface area contributed by atoms with E-state index in [0.717, 1.165) is 38.5 Å². The number of rotatable bonds is 6. The van der Waals surface area contributed by atoms with Crippen molar-refractivity contribution in [3.05, 3.63) is 115 Å². The lowest BCUT2D eigenvalue weighted by molar-refractivity contribution is 0.415. The van der Waals surface area contributed by atoms with Crippen molar-refractivity contribution in [2.75, 3.05) is 12.0 Å². The minimum Gasteiger partial charge on any atom is -0.497 e. The highest BCUT2D eigenvalue weighted by molar-refractivity contribution is 7.31. The van der Waals surface area contributed by atoms with Crippen LogP contribution in [0.5, 0.6) is 5.75 Å². The molecule has 36 heavy (non-hydrogen) atoms. The van der Waals surface area contributed by atoms with Gasteiger partial charge in [0.15, 0.2) is 0 Å². The number of methoxy groups -OCH3 is 1. The Morgan fingerprint density at radius 2 is 1.19 bits per heavy atom. The Morgan fingerprint density at radius 3 is 1.78 bits per heavy atom. The first-order valence-corrected chi connectivity index (χ1v) is 13.4. The van der Waals surface area contributed by atoms with E-state index in [-0.39, 0.29) is 0 Å². The number of hydrogen-bond acceptors (Lipinski definition) is 4. The fraction of sp³-hybridized carbons (Fsp3) is 0.0323. The zero-order chi connectivity index (χ0) is 24.5. The summed E-state index contributed by atoms with van der Waals surface area (Å²) in [5.41, 5.74) is 7.78. The van der Waals surface area contributed by atoms with Gasteiger partial charge in [-0.1, -0.05) is 66.1 Å². The minimum atomic E-state index is 0.844. The molecule has 0 fully saturated rings. The van der Waals surface area contributed by atoms with Gasteiger partial charge < -0.3 is 9.64 Å². The molecule has 2 heterocycles. The van der Waals surface area contributed by atoms with Crippen LogP contribution in [0.3, 0.4) is 0 Å². The van der Waals surface area contributed by atoms with E-state index in [0.29, 0.717) is 0 Å². The van der Waals surface area contributed by atoms with Gasteiger partial charge in [0.05, 0.1) is 11.8 Å². The van der Waals surface area contributed by atoms with Gasteiger partial charge in [0, 0.05) is 32.2 Å². The van der Waals surface area contributed by atoms with Crippen molar-refractivity contribution in [1.29, 1.82) is 0 Å². The molecule has 6 rings (SSSR count). The Balaban J connectivity index is 1.45. The molecule has 0 atom stereocenters. The van der Waals surface area contributed by atoms with Crippen molar-refractivity contribution >= 4 is 62.4 Å². The lowest BCUT2D eigenvalue weighted by Crippen LogP contribution is -2.09.